The molecule has 1 fully saturated rings. The van der Waals surface area contributed by atoms with E-state index in [2.05, 4.69) is 32.3 Å². The first-order valence-corrected chi connectivity index (χ1v) is 7.02. The van der Waals surface area contributed by atoms with Crippen LogP contribution in [0.2, 0.25) is 0 Å². The number of hydrogen-bond acceptors (Lipinski definition) is 6. The number of likely N-dealkylation sites (N-methyl/N-ethyl adjacent to an activating group) is 1. The van der Waals surface area contributed by atoms with Gasteiger partial charge in [-0.15, -0.1) is 10.2 Å². The van der Waals surface area contributed by atoms with Gasteiger partial charge in [-0.1, -0.05) is 19.1 Å². The van der Waals surface area contributed by atoms with Crippen LogP contribution in [0.15, 0.2) is 24.3 Å². The molecule has 1 aliphatic heterocycles. The Kier molecular flexibility index (Phi) is 4.03. The van der Waals surface area contributed by atoms with Gasteiger partial charge in [0.2, 0.25) is 5.95 Å². The Labute approximate surface area is 118 Å². The van der Waals surface area contributed by atoms with Crippen molar-refractivity contribution in [2.45, 2.75) is 13.0 Å². The minimum absolute atomic E-state index is 0.179. The van der Waals surface area contributed by atoms with Crippen molar-refractivity contribution in [1.29, 1.82) is 0 Å². The largest absolute Gasteiger partial charge is 0.374 e. The van der Waals surface area contributed by atoms with Crippen molar-refractivity contribution in [1.82, 2.24) is 20.1 Å². The number of aromatic nitrogens is 3. The molecule has 1 atom stereocenters. The lowest BCUT2D eigenvalue weighted by Crippen LogP contribution is -2.45. The number of fused-ring (bicyclic) bond motifs is 1. The lowest BCUT2D eigenvalue weighted by molar-refractivity contribution is -0.0192. The van der Waals surface area contributed by atoms with Crippen LogP contribution in [0.5, 0.6) is 0 Å². The molecule has 1 aromatic heterocycles. The van der Waals surface area contributed by atoms with E-state index >= 15 is 0 Å². The standard InChI is InChI=1S/C14H19N5O/c1-2-19-7-8-20-11(10-19)9-15-14-16-12-5-3-4-6-13(12)17-18-14/h3-6,11H,2,7-10H2,1H3,(H,15,16,18). The third-order valence-electron chi connectivity index (χ3n) is 3.52. The molecule has 0 radical (unpaired) electrons. The molecule has 1 unspecified atom stereocenters. The summed E-state index contributed by atoms with van der Waals surface area (Å²) in [5.74, 6) is 0.556. The molecule has 1 saturated heterocycles. The minimum atomic E-state index is 0.179. The Morgan fingerprint density at radius 1 is 1.30 bits per heavy atom. The molecule has 6 heteroatoms. The molecule has 1 aromatic carbocycles. The van der Waals surface area contributed by atoms with Crippen molar-refractivity contribution in [2.75, 3.05) is 38.1 Å². The molecule has 0 amide bonds. The van der Waals surface area contributed by atoms with Gasteiger partial charge in [-0.3, -0.25) is 4.90 Å². The van der Waals surface area contributed by atoms with Crippen molar-refractivity contribution >= 4 is 17.0 Å². The average molecular weight is 273 g/mol. The first-order valence-electron chi connectivity index (χ1n) is 7.02. The number of benzene rings is 1. The summed E-state index contributed by atoms with van der Waals surface area (Å²) in [4.78, 5) is 6.83. The van der Waals surface area contributed by atoms with Crippen molar-refractivity contribution in [3.05, 3.63) is 24.3 Å². The summed E-state index contributed by atoms with van der Waals surface area (Å²) in [5.41, 5.74) is 1.66. The summed E-state index contributed by atoms with van der Waals surface area (Å²) < 4.78 is 5.74. The van der Waals surface area contributed by atoms with Crippen LogP contribution in [0.1, 0.15) is 6.92 Å². The number of nitrogens with zero attached hydrogens (tertiary/aromatic N) is 4. The number of para-hydroxylation sites is 1. The second kappa shape index (κ2) is 6.11. The van der Waals surface area contributed by atoms with Crippen LogP contribution in [0.4, 0.5) is 5.95 Å². The van der Waals surface area contributed by atoms with E-state index in [-0.39, 0.29) is 6.10 Å². The highest BCUT2D eigenvalue weighted by Crippen LogP contribution is 2.10. The molecule has 2 heterocycles. The fraction of sp³-hybridized carbons (Fsp3) is 0.500. The summed E-state index contributed by atoms with van der Waals surface area (Å²) in [5, 5.41) is 11.5. The zero-order chi connectivity index (χ0) is 13.8. The van der Waals surface area contributed by atoms with E-state index in [4.69, 9.17) is 4.74 Å². The Morgan fingerprint density at radius 3 is 3.00 bits per heavy atom. The fourth-order valence-corrected chi connectivity index (χ4v) is 2.35. The van der Waals surface area contributed by atoms with E-state index < -0.39 is 0 Å². The third-order valence-corrected chi connectivity index (χ3v) is 3.52. The van der Waals surface area contributed by atoms with Gasteiger partial charge in [0.25, 0.3) is 0 Å². The number of rotatable bonds is 4. The van der Waals surface area contributed by atoms with E-state index in [1.807, 2.05) is 24.3 Å². The maximum absolute atomic E-state index is 5.74. The minimum Gasteiger partial charge on any atom is -0.374 e. The molecule has 106 valence electrons. The van der Waals surface area contributed by atoms with Gasteiger partial charge in [0.05, 0.1) is 18.2 Å². The zero-order valence-electron chi connectivity index (χ0n) is 11.6. The maximum atomic E-state index is 5.74. The van der Waals surface area contributed by atoms with E-state index in [0.29, 0.717) is 12.5 Å². The average Bonchev–Trinajstić information content (AvgIpc) is 2.53. The molecule has 2 aromatic rings. The van der Waals surface area contributed by atoms with Gasteiger partial charge >= 0.3 is 0 Å². The van der Waals surface area contributed by atoms with Gasteiger partial charge < -0.3 is 10.1 Å². The quantitative estimate of drug-likeness (QED) is 0.902. The molecule has 0 saturated carbocycles. The number of anilines is 1. The van der Waals surface area contributed by atoms with Gasteiger partial charge in [0, 0.05) is 19.6 Å². The van der Waals surface area contributed by atoms with Crippen LogP contribution < -0.4 is 5.32 Å². The first-order chi connectivity index (χ1) is 9.85. The molecule has 20 heavy (non-hydrogen) atoms. The lowest BCUT2D eigenvalue weighted by atomic mass is 10.2. The topological polar surface area (TPSA) is 63.2 Å². The Balaban J connectivity index is 1.61. The molecule has 3 rings (SSSR count). The highest BCUT2D eigenvalue weighted by molar-refractivity contribution is 5.73. The zero-order valence-corrected chi connectivity index (χ0v) is 11.6. The molecule has 6 nitrogen and oxygen atoms in total. The molecule has 0 spiro atoms. The van der Waals surface area contributed by atoms with E-state index in [1.165, 1.54) is 0 Å². The molecular formula is C14H19N5O. The summed E-state index contributed by atoms with van der Waals surface area (Å²) >= 11 is 0. The van der Waals surface area contributed by atoms with Crippen LogP contribution in [0.3, 0.4) is 0 Å². The van der Waals surface area contributed by atoms with Gasteiger partial charge in [-0.25, -0.2) is 4.98 Å². The number of hydrogen-bond donors (Lipinski definition) is 1. The Morgan fingerprint density at radius 2 is 2.15 bits per heavy atom. The predicted octanol–water partition coefficient (Wildman–Crippen LogP) is 1.16. The van der Waals surface area contributed by atoms with Crippen molar-refractivity contribution < 1.29 is 4.74 Å². The third kappa shape index (κ3) is 3.02. The summed E-state index contributed by atoms with van der Waals surface area (Å²) in [6.07, 6.45) is 0.179. The maximum Gasteiger partial charge on any atom is 0.243 e. The highest BCUT2D eigenvalue weighted by Gasteiger charge is 2.19. The number of nitrogens with one attached hydrogen (secondary N) is 1. The van der Waals surface area contributed by atoms with Crippen LogP contribution >= 0.6 is 0 Å². The molecule has 0 aliphatic carbocycles. The number of morpholine rings is 1. The summed E-state index contributed by atoms with van der Waals surface area (Å²) in [6.45, 7) is 6.69. The summed E-state index contributed by atoms with van der Waals surface area (Å²) in [6, 6.07) is 7.72. The second-order valence-corrected chi connectivity index (χ2v) is 4.89. The molecule has 1 aliphatic rings. The summed E-state index contributed by atoms with van der Waals surface area (Å²) in [7, 11) is 0. The molecule has 1 N–H and O–H groups in total. The van der Waals surface area contributed by atoms with E-state index in [9.17, 15) is 0 Å². The van der Waals surface area contributed by atoms with Crippen LogP contribution in [0.25, 0.3) is 11.0 Å². The van der Waals surface area contributed by atoms with Crippen molar-refractivity contribution in [3.8, 4) is 0 Å². The normalized spacial score (nSPS) is 20.1. The van der Waals surface area contributed by atoms with Gasteiger partial charge in [0.15, 0.2) is 0 Å². The monoisotopic (exact) mass is 273 g/mol. The highest BCUT2D eigenvalue weighted by atomic mass is 16.5. The van der Waals surface area contributed by atoms with E-state index in [0.717, 1.165) is 37.3 Å². The molecular weight excluding hydrogens is 254 g/mol. The van der Waals surface area contributed by atoms with Crippen LogP contribution in [-0.2, 0) is 4.74 Å². The van der Waals surface area contributed by atoms with Crippen LogP contribution in [0, 0.1) is 0 Å². The first kappa shape index (κ1) is 13.2. The Hall–Kier alpha value is -1.79. The lowest BCUT2D eigenvalue weighted by Gasteiger charge is -2.32. The van der Waals surface area contributed by atoms with E-state index in [1.54, 1.807) is 0 Å². The van der Waals surface area contributed by atoms with Crippen molar-refractivity contribution in [2.24, 2.45) is 0 Å². The molecule has 0 bridgehead atoms. The smallest absolute Gasteiger partial charge is 0.243 e. The van der Waals surface area contributed by atoms with Gasteiger partial charge in [0.1, 0.15) is 5.52 Å². The second-order valence-electron chi connectivity index (χ2n) is 4.89. The van der Waals surface area contributed by atoms with Crippen LogP contribution in [-0.4, -0.2) is 59.0 Å². The SMILES string of the molecule is CCN1CCOC(CNc2nnc3ccccc3n2)C1. The Bertz CT molecular complexity index is 576. The number of ether oxygens (including phenoxy) is 1. The van der Waals surface area contributed by atoms with Gasteiger partial charge in [-0.05, 0) is 18.7 Å². The van der Waals surface area contributed by atoms with Gasteiger partial charge in [-0.2, -0.15) is 0 Å². The predicted molar refractivity (Wildman–Crippen MR) is 77.7 cm³/mol. The fourth-order valence-electron chi connectivity index (χ4n) is 2.35. The van der Waals surface area contributed by atoms with Crippen molar-refractivity contribution in [3.63, 3.8) is 0 Å².